The number of nitrogens with zero attached hydrogens (tertiary/aromatic N) is 1. The second kappa shape index (κ2) is 5.41. The van der Waals surface area contributed by atoms with Gasteiger partial charge in [-0.1, -0.05) is 12.1 Å². The second-order valence-electron chi connectivity index (χ2n) is 3.62. The van der Waals surface area contributed by atoms with E-state index in [2.05, 4.69) is 9.72 Å². The topological polar surface area (TPSA) is 42.4 Å². The fourth-order valence-electron chi connectivity index (χ4n) is 1.48. The molecule has 0 aliphatic heterocycles. The van der Waals surface area contributed by atoms with Crippen LogP contribution in [0.2, 0.25) is 0 Å². The molecule has 0 radical (unpaired) electrons. The molecule has 6 heteroatoms. The molecule has 0 aliphatic carbocycles. The van der Waals surface area contributed by atoms with Crippen molar-refractivity contribution in [2.24, 2.45) is 0 Å². The van der Waals surface area contributed by atoms with Crippen molar-refractivity contribution in [2.45, 2.75) is 19.6 Å². The average Bonchev–Trinajstić information content (AvgIpc) is 2.78. The van der Waals surface area contributed by atoms with Gasteiger partial charge in [0.1, 0.15) is 16.9 Å². The summed E-state index contributed by atoms with van der Waals surface area (Å²) in [6.07, 6.45) is -0.674. The van der Waals surface area contributed by atoms with Gasteiger partial charge in [-0.2, -0.15) is 8.78 Å². The number of aliphatic hydroxyl groups is 1. The highest BCUT2D eigenvalue weighted by molar-refractivity contribution is 7.10. The maximum absolute atomic E-state index is 12.3. The first-order chi connectivity index (χ1) is 8.58. The minimum Gasteiger partial charge on any atom is -0.434 e. The molecule has 0 saturated heterocycles. The number of aliphatic hydroxyl groups excluding tert-OH is 1. The monoisotopic (exact) mass is 271 g/mol. The third-order valence-electron chi connectivity index (χ3n) is 2.26. The Hall–Kier alpha value is -1.53. The first-order valence-corrected chi connectivity index (χ1v) is 6.13. The zero-order chi connectivity index (χ0) is 13.1. The molecular formula is C12H11F2NO2S. The van der Waals surface area contributed by atoms with E-state index in [1.807, 2.05) is 0 Å². The summed E-state index contributed by atoms with van der Waals surface area (Å²) >= 11 is 1.28. The van der Waals surface area contributed by atoms with Crippen LogP contribution in [0.1, 0.15) is 18.0 Å². The summed E-state index contributed by atoms with van der Waals surface area (Å²) in [6.45, 7) is -1.27. The van der Waals surface area contributed by atoms with Gasteiger partial charge in [-0.25, -0.2) is 4.98 Å². The number of halogens is 2. The SMILES string of the molecule is CC(O)c1nc(-c2ccccc2OC(F)F)cs1. The van der Waals surface area contributed by atoms with Gasteiger partial charge in [-0.15, -0.1) is 11.3 Å². The van der Waals surface area contributed by atoms with Gasteiger partial charge in [0.05, 0.1) is 5.69 Å². The quantitative estimate of drug-likeness (QED) is 0.926. The third-order valence-corrected chi connectivity index (χ3v) is 3.27. The fraction of sp³-hybridized carbons (Fsp3) is 0.250. The molecule has 1 unspecified atom stereocenters. The molecular weight excluding hydrogens is 260 g/mol. The van der Waals surface area contributed by atoms with Crippen LogP contribution in [0.4, 0.5) is 8.78 Å². The van der Waals surface area contributed by atoms with Gasteiger partial charge in [0.15, 0.2) is 0 Å². The lowest BCUT2D eigenvalue weighted by atomic mass is 10.1. The molecule has 1 N–H and O–H groups in total. The molecule has 1 heterocycles. The normalized spacial score (nSPS) is 12.7. The average molecular weight is 271 g/mol. The van der Waals surface area contributed by atoms with Crippen molar-refractivity contribution >= 4 is 11.3 Å². The number of alkyl halides is 2. The highest BCUT2D eigenvalue weighted by Crippen LogP contribution is 2.32. The molecule has 0 fully saturated rings. The van der Waals surface area contributed by atoms with Crippen molar-refractivity contribution in [1.29, 1.82) is 0 Å². The van der Waals surface area contributed by atoms with Crippen molar-refractivity contribution < 1.29 is 18.6 Å². The third kappa shape index (κ3) is 2.83. The summed E-state index contributed by atoms with van der Waals surface area (Å²) in [5, 5.41) is 11.6. The second-order valence-corrected chi connectivity index (χ2v) is 4.51. The number of ether oxygens (including phenoxy) is 1. The van der Waals surface area contributed by atoms with E-state index in [0.717, 1.165) is 0 Å². The lowest BCUT2D eigenvalue weighted by Crippen LogP contribution is -2.03. The number of benzene rings is 1. The van der Waals surface area contributed by atoms with Crippen molar-refractivity contribution in [3.63, 3.8) is 0 Å². The molecule has 0 amide bonds. The van der Waals surface area contributed by atoms with Crippen LogP contribution in [0.5, 0.6) is 5.75 Å². The molecule has 0 saturated carbocycles. The van der Waals surface area contributed by atoms with Crippen LogP contribution in [0, 0.1) is 0 Å². The molecule has 0 aliphatic rings. The predicted octanol–water partition coefficient (Wildman–Crippen LogP) is 3.46. The lowest BCUT2D eigenvalue weighted by Gasteiger charge is -2.08. The number of aromatic nitrogens is 1. The van der Waals surface area contributed by atoms with Gasteiger partial charge in [-0.05, 0) is 19.1 Å². The lowest BCUT2D eigenvalue weighted by molar-refractivity contribution is -0.0494. The molecule has 1 aromatic heterocycles. The Bertz CT molecular complexity index is 528. The van der Waals surface area contributed by atoms with Gasteiger partial charge in [0.25, 0.3) is 0 Å². The standard InChI is InChI=1S/C12H11F2NO2S/c1-7(16)11-15-9(6-18-11)8-4-2-3-5-10(8)17-12(13)14/h2-7,12,16H,1H3. The van der Waals surface area contributed by atoms with Crippen LogP contribution in [0.3, 0.4) is 0 Å². The zero-order valence-corrected chi connectivity index (χ0v) is 10.3. The number of hydrogen-bond acceptors (Lipinski definition) is 4. The van der Waals surface area contributed by atoms with Gasteiger partial charge < -0.3 is 9.84 Å². The summed E-state index contributed by atoms with van der Waals surface area (Å²) in [4.78, 5) is 4.19. The van der Waals surface area contributed by atoms with E-state index in [0.29, 0.717) is 16.3 Å². The fourth-order valence-corrected chi connectivity index (χ4v) is 2.24. The van der Waals surface area contributed by atoms with Crippen molar-refractivity contribution in [1.82, 2.24) is 4.98 Å². The van der Waals surface area contributed by atoms with Crippen LogP contribution in [-0.4, -0.2) is 16.7 Å². The van der Waals surface area contributed by atoms with Crippen LogP contribution in [0.25, 0.3) is 11.3 Å². The Morgan fingerprint density at radius 2 is 2.06 bits per heavy atom. The van der Waals surface area contributed by atoms with E-state index in [1.165, 1.54) is 17.4 Å². The highest BCUT2D eigenvalue weighted by atomic mass is 32.1. The first kappa shape index (κ1) is 12.9. The number of thiazole rings is 1. The Morgan fingerprint density at radius 3 is 2.67 bits per heavy atom. The summed E-state index contributed by atoms with van der Waals surface area (Å²) in [6, 6.07) is 6.44. The number of hydrogen-bond donors (Lipinski definition) is 1. The van der Waals surface area contributed by atoms with Crippen LogP contribution < -0.4 is 4.74 Å². The molecule has 3 nitrogen and oxygen atoms in total. The molecule has 0 spiro atoms. The van der Waals surface area contributed by atoms with Crippen molar-refractivity contribution in [3.8, 4) is 17.0 Å². The van der Waals surface area contributed by atoms with E-state index < -0.39 is 12.7 Å². The maximum atomic E-state index is 12.3. The minimum absolute atomic E-state index is 0.0787. The molecule has 96 valence electrons. The molecule has 18 heavy (non-hydrogen) atoms. The van der Waals surface area contributed by atoms with Crippen molar-refractivity contribution in [3.05, 3.63) is 34.7 Å². The van der Waals surface area contributed by atoms with E-state index in [4.69, 9.17) is 0 Å². The van der Waals surface area contributed by atoms with Gasteiger partial charge in [0.2, 0.25) is 0 Å². The highest BCUT2D eigenvalue weighted by Gasteiger charge is 2.14. The Morgan fingerprint density at radius 1 is 1.33 bits per heavy atom. The minimum atomic E-state index is -2.87. The maximum Gasteiger partial charge on any atom is 0.387 e. The Balaban J connectivity index is 2.36. The van der Waals surface area contributed by atoms with E-state index in [-0.39, 0.29) is 5.75 Å². The first-order valence-electron chi connectivity index (χ1n) is 5.25. The van der Waals surface area contributed by atoms with E-state index in [9.17, 15) is 13.9 Å². The Labute approximate surface area is 107 Å². The van der Waals surface area contributed by atoms with Crippen molar-refractivity contribution in [2.75, 3.05) is 0 Å². The van der Waals surface area contributed by atoms with Gasteiger partial charge >= 0.3 is 6.61 Å². The van der Waals surface area contributed by atoms with Gasteiger partial charge in [-0.3, -0.25) is 0 Å². The summed E-state index contributed by atoms with van der Waals surface area (Å²) < 4.78 is 29.0. The molecule has 2 aromatic rings. The van der Waals surface area contributed by atoms with E-state index >= 15 is 0 Å². The predicted molar refractivity (Wildman–Crippen MR) is 64.8 cm³/mol. The van der Waals surface area contributed by atoms with Gasteiger partial charge in [0, 0.05) is 10.9 Å². The molecule has 0 bridgehead atoms. The molecule has 1 aromatic carbocycles. The van der Waals surface area contributed by atoms with E-state index in [1.54, 1.807) is 30.5 Å². The zero-order valence-electron chi connectivity index (χ0n) is 9.51. The smallest absolute Gasteiger partial charge is 0.387 e. The molecule has 1 atom stereocenters. The van der Waals surface area contributed by atoms with Crippen LogP contribution in [-0.2, 0) is 0 Å². The molecule has 2 rings (SSSR count). The summed E-state index contributed by atoms with van der Waals surface area (Å²) in [7, 11) is 0. The Kier molecular flexibility index (Phi) is 3.88. The largest absolute Gasteiger partial charge is 0.434 e. The van der Waals surface area contributed by atoms with Crippen LogP contribution in [0.15, 0.2) is 29.6 Å². The van der Waals surface area contributed by atoms with Crippen LogP contribution >= 0.6 is 11.3 Å². The summed E-state index contributed by atoms with van der Waals surface area (Å²) in [5.74, 6) is 0.0787. The number of para-hydroxylation sites is 1. The number of rotatable bonds is 4. The summed E-state index contributed by atoms with van der Waals surface area (Å²) in [5.41, 5.74) is 1.01.